The molecule has 7 heteroatoms. The maximum Gasteiger partial charge on any atom is 0.159 e. The van der Waals surface area contributed by atoms with Gasteiger partial charge in [0.1, 0.15) is 5.71 Å². The monoisotopic (exact) mass is 490 g/mol. The lowest BCUT2D eigenvalue weighted by Crippen LogP contribution is -2.22. The zero-order chi connectivity index (χ0) is 23.9. The minimum absolute atomic E-state index is 0.701. The van der Waals surface area contributed by atoms with E-state index in [-0.39, 0.29) is 0 Å². The number of para-hydroxylation sites is 1. The van der Waals surface area contributed by atoms with Crippen molar-refractivity contribution in [2.45, 2.75) is 25.9 Å². The number of aromatic nitrogens is 3. The third kappa shape index (κ3) is 3.90. The molecule has 0 bridgehead atoms. The van der Waals surface area contributed by atoms with Gasteiger partial charge >= 0.3 is 0 Å². The summed E-state index contributed by atoms with van der Waals surface area (Å²) in [5.74, 6) is 0.778. The van der Waals surface area contributed by atoms with Gasteiger partial charge in [-0.25, -0.2) is 4.98 Å². The summed E-state index contributed by atoms with van der Waals surface area (Å²) in [5.41, 5.74) is 13.0. The number of likely N-dealkylation sites (tertiary alicyclic amines) is 1. The lowest BCUT2D eigenvalue weighted by molar-refractivity contribution is 0.331. The Labute approximate surface area is 213 Å². The molecule has 0 atom stereocenters. The molecule has 1 fully saturated rings. The molecular weight excluding hydrogens is 464 g/mol. The topological polar surface area (TPSA) is 69.2 Å². The highest BCUT2D eigenvalue weighted by molar-refractivity contribution is 7.13. The van der Waals surface area contributed by atoms with E-state index in [0.717, 1.165) is 51.4 Å². The summed E-state index contributed by atoms with van der Waals surface area (Å²) in [6.07, 6.45) is 6.55. The normalized spacial score (nSPS) is 15.6. The summed E-state index contributed by atoms with van der Waals surface area (Å²) in [6.45, 7) is 4.03. The Morgan fingerprint density at radius 2 is 1.86 bits per heavy atom. The highest BCUT2D eigenvalue weighted by atomic mass is 32.1. The molecule has 2 aromatic carbocycles. The van der Waals surface area contributed by atoms with Crippen LogP contribution in [0.1, 0.15) is 35.4 Å². The molecule has 36 heavy (non-hydrogen) atoms. The van der Waals surface area contributed by atoms with E-state index < -0.39 is 0 Å². The molecule has 2 N–H and O–H groups in total. The molecule has 0 saturated carbocycles. The van der Waals surface area contributed by atoms with Gasteiger partial charge in [-0.3, -0.25) is 9.88 Å². The third-order valence-electron chi connectivity index (χ3n) is 7.08. The molecule has 5 aromatic rings. The fourth-order valence-corrected chi connectivity index (χ4v) is 6.03. The SMILES string of the molecule is c1csc(-c2cccc3[nH]c(C4=NNCc5ccc(-c6cncc(CN7CCCC7)c6)cc54)nc23)c1. The van der Waals surface area contributed by atoms with E-state index in [2.05, 4.69) is 80.3 Å². The fourth-order valence-electron chi connectivity index (χ4n) is 5.28. The lowest BCUT2D eigenvalue weighted by atomic mass is 9.95. The van der Waals surface area contributed by atoms with Gasteiger partial charge in [-0.15, -0.1) is 11.3 Å². The summed E-state index contributed by atoms with van der Waals surface area (Å²) in [5, 5.41) is 6.80. The molecule has 178 valence electrons. The number of rotatable bonds is 5. The van der Waals surface area contributed by atoms with E-state index >= 15 is 0 Å². The van der Waals surface area contributed by atoms with Crippen LogP contribution in [0.2, 0.25) is 0 Å². The summed E-state index contributed by atoms with van der Waals surface area (Å²) in [4.78, 5) is 16.8. The molecule has 2 aliphatic heterocycles. The standard InChI is InChI=1S/C29H26N6S/c1-2-11-35(10-1)18-19-13-22(16-30-15-19)20-8-9-21-17-31-34-28(24(21)14-20)29-32-25-6-3-5-23(27(25)33-29)26-7-4-12-36-26/h3-9,12-16,31H,1-2,10-11,17-18H2,(H,32,33). The Balaban J connectivity index is 1.26. The molecule has 5 heterocycles. The highest BCUT2D eigenvalue weighted by Crippen LogP contribution is 2.32. The number of H-pyrrole nitrogens is 1. The van der Waals surface area contributed by atoms with E-state index in [1.807, 2.05) is 12.4 Å². The predicted octanol–water partition coefficient (Wildman–Crippen LogP) is 5.80. The fraction of sp³-hybridized carbons (Fsp3) is 0.207. The number of nitrogens with one attached hydrogen (secondary N) is 2. The van der Waals surface area contributed by atoms with Gasteiger partial charge < -0.3 is 10.4 Å². The van der Waals surface area contributed by atoms with Gasteiger partial charge in [0, 0.05) is 40.5 Å². The van der Waals surface area contributed by atoms with Crippen LogP contribution < -0.4 is 5.43 Å². The number of nitrogens with zero attached hydrogens (tertiary/aromatic N) is 4. The van der Waals surface area contributed by atoms with Gasteiger partial charge in [-0.1, -0.05) is 30.3 Å². The first kappa shape index (κ1) is 21.5. The minimum atomic E-state index is 0.701. The summed E-state index contributed by atoms with van der Waals surface area (Å²) in [6, 6.07) is 19.4. The van der Waals surface area contributed by atoms with Crippen molar-refractivity contribution in [3.05, 3.63) is 94.9 Å². The smallest absolute Gasteiger partial charge is 0.159 e. The van der Waals surface area contributed by atoms with Crippen LogP contribution in [0, 0.1) is 0 Å². The second kappa shape index (κ2) is 9.00. The van der Waals surface area contributed by atoms with Gasteiger partial charge in [0.25, 0.3) is 0 Å². The number of thiophene rings is 1. The van der Waals surface area contributed by atoms with Crippen LogP contribution in [0.25, 0.3) is 32.6 Å². The highest BCUT2D eigenvalue weighted by Gasteiger charge is 2.21. The molecule has 3 aromatic heterocycles. The van der Waals surface area contributed by atoms with Crippen molar-refractivity contribution in [3.63, 3.8) is 0 Å². The van der Waals surface area contributed by atoms with Crippen LogP contribution in [0.3, 0.4) is 0 Å². The molecule has 0 unspecified atom stereocenters. The van der Waals surface area contributed by atoms with Crippen molar-refractivity contribution in [2.75, 3.05) is 13.1 Å². The molecular formula is C29H26N6S. The van der Waals surface area contributed by atoms with Crippen LogP contribution >= 0.6 is 11.3 Å². The maximum atomic E-state index is 5.03. The number of benzene rings is 2. The first-order valence-corrected chi connectivity index (χ1v) is 13.3. The first-order valence-electron chi connectivity index (χ1n) is 12.5. The molecule has 0 amide bonds. The summed E-state index contributed by atoms with van der Waals surface area (Å²) < 4.78 is 0. The van der Waals surface area contributed by atoms with Crippen molar-refractivity contribution in [3.8, 4) is 21.6 Å². The second-order valence-corrected chi connectivity index (χ2v) is 10.4. The van der Waals surface area contributed by atoms with Crippen LogP contribution in [0.15, 0.2) is 77.5 Å². The largest absolute Gasteiger partial charge is 0.337 e. The Bertz CT molecular complexity index is 1580. The van der Waals surface area contributed by atoms with Crippen molar-refractivity contribution in [1.82, 2.24) is 25.3 Å². The van der Waals surface area contributed by atoms with Gasteiger partial charge in [0.15, 0.2) is 5.82 Å². The quantitative estimate of drug-likeness (QED) is 0.326. The maximum absolute atomic E-state index is 5.03. The molecule has 0 radical (unpaired) electrons. The van der Waals surface area contributed by atoms with Gasteiger partial charge in [0.05, 0.1) is 17.6 Å². The minimum Gasteiger partial charge on any atom is -0.337 e. The predicted molar refractivity (Wildman–Crippen MR) is 146 cm³/mol. The van der Waals surface area contributed by atoms with Crippen molar-refractivity contribution in [2.24, 2.45) is 5.10 Å². The number of hydrogen-bond donors (Lipinski definition) is 2. The van der Waals surface area contributed by atoms with Crippen molar-refractivity contribution in [1.29, 1.82) is 0 Å². The van der Waals surface area contributed by atoms with E-state index in [1.54, 1.807) is 11.3 Å². The molecule has 1 saturated heterocycles. The van der Waals surface area contributed by atoms with Gasteiger partial charge in [0.2, 0.25) is 0 Å². The average molecular weight is 491 g/mol. The zero-order valence-electron chi connectivity index (χ0n) is 19.9. The molecule has 0 aliphatic carbocycles. The number of aromatic amines is 1. The number of imidazole rings is 1. The van der Waals surface area contributed by atoms with Crippen LogP contribution in [0.4, 0.5) is 0 Å². The average Bonchev–Trinajstić information content (AvgIpc) is 3.70. The summed E-state index contributed by atoms with van der Waals surface area (Å²) in [7, 11) is 0. The molecule has 6 nitrogen and oxygen atoms in total. The lowest BCUT2D eigenvalue weighted by Gasteiger charge is -2.18. The van der Waals surface area contributed by atoms with E-state index in [4.69, 9.17) is 10.1 Å². The Hall–Kier alpha value is -3.81. The first-order chi connectivity index (χ1) is 17.8. The van der Waals surface area contributed by atoms with Crippen molar-refractivity contribution >= 4 is 28.1 Å². The second-order valence-electron chi connectivity index (χ2n) is 9.50. The number of pyridine rings is 1. The number of hydrogen-bond acceptors (Lipinski definition) is 6. The Morgan fingerprint density at radius 1 is 0.917 bits per heavy atom. The van der Waals surface area contributed by atoms with Gasteiger partial charge in [-0.2, -0.15) is 5.10 Å². The third-order valence-corrected chi connectivity index (χ3v) is 7.99. The van der Waals surface area contributed by atoms with Crippen LogP contribution in [0.5, 0.6) is 0 Å². The number of fused-ring (bicyclic) bond motifs is 2. The van der Waals surface area contributed by atoms with Crippen molar-refractivity contribution < 1.29 is 0 Å². The van der Waals surface area contributed by atoms with Crippen LogP contribution in [-0.4, -0.2) is 38.7 Å². The summed E-state index contributed by atoms with van der Waals surface area (Å²) >= 11 is 1.73. The molecule has 0 spiro atoms. The molecule has 7 rings (SSSR count). The Kier molecular flexibility index (Phi) is 5.37. The number of hydrazone groups is 1. The van der Waals surface area contributed by atoms with E-state index in [9.17, 15) is 0 Å². The van der Waals surface area contributed by atoms with E-state index in [1.165, 1.54) is 41.9 Å². The van der Waals surface area contributed by atoms with Crippen LogP contribution in [-0.2, 0) is 13.1 Å². The molecule has 2 aliphatic rings. The van der Waals surface area contributed by atoms with E-state index in [0.29, 0.717) is 6.54 Å². The van der Waals surface area contributed by atoms with Gasteiger partial charge in [-0.05, 0) is 72.3 Å². The zero-order valence-corrected chi connectivity index (χ0v) is 20.7. The Morgan fingerprint density at radius 3 is 2.75 bits per heavy atom.